The van der Waals surface area contributed by atoms with Gasteiger partial charge in [0, 0.05) is 23.5 Å². The number of nitrogens with zero attached hydrogens (tertiary/aromatic N) is 1. The summed E-state index contributed by atoms with van der Waals surface area (Å²) in [5.74, 6) is -1.03. The summed E-state index contributed by atoms with van der Waals surface area (Å²) < 4.78 is 41.8. The lowest BCUT2D eigenvalue weighted by Gasteiger charge is -2.44. The molecule has 8 heteroatoms. The fourth-order valence-electron chi connectivity index (χ4n) is 4.29. The maximum Gasteiger partial charge on any atom is 0.245 e. The topological polar surface area (TPSA) is 66.5 Å². The molecule has 2 aromatic carbocycles. The van der Waals surface area contributed by atoms with Crippen molar-refractivity contribution in [2.24, 2.45) is 5.92 Å². The maximum absolute atomic E-state index is 14.0. The Morgan fingerprint density at radius 1 is 1.10 bits per heavy atom. The second-order valence-corrected chi connectivity index (χ2v) is 10.9. The van der Waals surface area contributed by atoms with E-state index in [2.05, 4.69) is 21.2 Å². The lowest BCUT2D eigenvalue weighted by molar-refractivity contribution is -0.129. The van der Waals surface area contributed by atoms with Gasteiger partial charge in [-0.05, 0) is 61.9 Å². The zero-order valence-electron chi connectivity index (χ0n) is 16.5. The standard InChI is InChI=1S/C22H24BrFN2O3S/c23-18-6-3-5-17(15-18)22(11-4-12-22)25-21(27)16-9-13-26(14-10-16)30(28,29)20-8-2-1-7-19(20)24/h1-3,5-8,15-16H,4,9-14H2,(H,25,27). The fourth-order valence-corrected chi connectivity index (χ4v) is 6.23. The highest BCUT2D eigenvalue weighted by Gasteiger charge is 2.42. The van der Waals surface area contributed by atoms with Gasteiger partial charge in [0.1, 0.15) is 10.7 Å². The monoisotopic (exact) mass is 494 g/mol. The van der Waals surface area contributed by atoms with E-state index < -0.39 is 15.8 Å². The van der Waals surface area contributed by atoms with Crippen molar-refractivity contribution in [3.8, 4) is 0 Å². The van der Waals surface area contributed by atoms with Gasteiger partial charge in [-0.3, -0.25) is 4.79 Å². The molecule has 0 aromatic heterocycles. The summed E-state index contributed by atoms with van der Waals surface area (Å²) in [7, 11) is -3.90. The average Bonchev–Trinajstić information content (AvgIpc) is 2.71. The van der Waals surface area contributed by atoms with Crippen molar-refractivity contribution in [3.63, 3.8) is 0 Å². The quantitative estimate of drug-likeness (QED) is 0.677. The minimum absolute atomic E-state index is 0.0300. The largest absolute Gasteiger partial charge is 0.346 e. The SMILES string of the molecule is O=C(NC1(c2cccc(Br)c2)CCC1)C1CCN(S(=O)(=O)c2ccccc2F)CC1. The lowest BCUT2D eigenvalue weighted by atomic mass is 9.71. The summed E-state index contributed by atoms with van der Waals surface area (Å²) in [5.41, 5.74) is 0.757. The molecule has 160 valence electrons. The van der Waals surface area contributed by atoms with Crippen LogP contribution in [0.3, 0.4) is 0 Å². The molecule has 2 aromatic rings. The Morgan fingerprint density at radius 3 is 2.40 bits per heavy atom. The summed E-state index contributed by atoms with van der Waals surface area (Å²) in [6, 6.07) is 13.4. The first-order valence-corrected chi connectivity index (χ1v) is 12.4. The predicted molar refractivity (Wildman–Crippen MR) is 116 cm³/mol. The van der Waals surface area contributed by atoms with E-state index in [0.717, 1.165) is 35.4 Å². The van der Waals surface area contributed by atoms with Crippen LogP contribution in [-0.2, 0) is 20.4 Å². The molecule has 5 nitrogen and oxygen atoms in total. The Bertz CT molecular complexity index is 1050. The van der Waals surface area contributed by atoms with Gasteiger partial charge in [-0.25, -0.2) is 12.8 Å². The third-order valence-electron chi connectivity index (χ3n) is 6.23. The predicted octanol–water partition coefficient (Wildman–Crippen LogP) is 4.18. The molecule has 1 aliphatic heterocycles. The Labute approximate surface area is 184 Å². The fraction of sp³-hybridized carbons (Fsp3) is 0.409. The molecule has 0 atom stereocenters. The summed E-state index contributed by atoms with van der Waals surface area (Å²) in [4.78, 5) is 12.7. The molecule has 0 bridgehead atoms. The molecule has 0 radical (unpaired) electrons. The van der Waals surface area contributed by atoms with Crippen molar-refractivity contribution in [1.29, 1.82) is 0 Å². The van der Waals surface area contributed by atoms with E-state index >= 15 is 0 Å². The highest BCUT2D eigenvalue weighted by Crippen LogP contribution is 2.42. The van der Waals surface area contributed by atoms with Gasteiger partial charge in [-0.2, -0.15) is 4.31 Å². The molecule has 1 amide bonds. The molecule has 2 aliphatic rings. The molecule has 0 spiro atoms. The van der Waals surface area contributed by atoms with Crippen LogP contribution in [0.5, 0.6) is 0 Å². The number of hydrogen-bond donors (Lipinski definition) is 1. The van der Waals surface area contributed by atoms with Gasteiger partial charge in [0.05, 0.1) is 5.54 Å². The van der Waals surface area contributed by atoms with Gasteiger partial charge in [-0.15, -0.1) is 0 Å². The number of halogens is 2. The van der Waals surface area contributed by atoms with E-state index in [1.165, 1.54) is 22.5 Å². The number of carbonyl (C=O) groups is 1. The van der Waals surface area contributed by atoms with Crippen LogP contribution in [-0.4, -0.2) is 31.7 Å². The normalized spacial score (nSPS) is 19.8. The van der Waals surface area contributed by atoms with Crippen molar-refractivity contribution >= 4 is 31.9 Å². The molecule has 30 heavy (non-hydrogen) atoms. The van der Waals surface area contributed by atoms with Crippen molar-refractivity contribution in [3.05, 3.63) is 64.4 Å². The van der Waals surface area contributed by atoms with E-state index in [9.17, 15) is 17.6 Å². The van der Waals surface area contributed by atoms with Gasteiger partial charge in [0.15, 0.2) is 0 Å². The molecule has 0 unspecified atom stereocenters. The summed E-state index contributed by atoms with van der Waals surface area (Å²) in [6.07, 6.45) is 3.71. The Morgan fingerprint density at radius 2 is 1.80 bits per heavy atom. The molecular weight excluding hydrogens is 471 g/mol. The number of hydrogen-bond acceptors (Lipinski definition) is 3. The first-order valence-electron chi connectivity index (χ1n) is 10.1. The highest BCUT2D eigenvalue weighted by molar-refractivity contribution is 9.10. The summed E-state index contributed by atoms with van der Waals surface area (Å²) in [6.45, 7) is 0.414. The number of sulfonamides is 1. The first-order chi connectivity index (χ1) is 14.3. The minimum Gasteiger partial charge on any atom is -0.346 e. The molecule has 1 heterocycles. The van der Waals surface area contributed by atoms with E-state index in [1.807, 2.05) is 24.3 Å². The number of benzene rings is 2. The Balaban J connectivity index is 1.42. The third kappa shape index (κ3) is 4.05. The number of amides is 1. The second-order valence-electron chi connectivity index (χ2n) is 8.04. The maximum atomic E-state index is 14.0. The van der Waals surface area contributed by atoms with E-state index in [4.69, 9.17) is 0 Å². The molecule has 2 fully saturated rings. The number of rotatable bonds is 5. The van der Waals surface area contributed by atoms with Gasteiger partial charge >= 0.3 is 0 Å². The molecule has 1 saturated carbocycles. The molecule has 4 rings (SSSR count). The van der Waals surface area contributed by atoms with Crippen molar-refractivity contribution in [2.75, 3.05) is 13.1 Å². The van der Waals surface area contributed by atoms with E-state index in [-0.39, 0.29) is 35.3 Å². The number of piperidine rings is 1. The first kappa shape index (κ1) is 21.5. The third-order valence-corrected chi connectivity index (χ3v) is 8.65. The highest BCUT2D eigenvalue weighted by atomic mass is 79.9. The van der Waals surface area contributed by atoms with Gasteiger partial charge in [0.25, 0.3) is 0 Å². The van der Waals surface area contributed by atoms with Gasteiger partial charge in [0.2, 0.25) is 15.9 Å². The van der Waals surface area contributed by atoms with Crippen LogP contribution in [0.4, 0.5) is 4.39 Å². The minimum atomic E-state index is -3.90. The Kier molecular flexibility index (Phi) is 6.01. The van der Waals surface area contributed by atoms with E-state index in [1.54, 1.807) is 0 Å². The van der Waals surface area contributed by atoms with E-state index in [0.29, 0.717) is 12.8 Å². The van der Waals surface area contributed by atoms with Crippen molar-refractivity contribution < 1.29 is 17.6 Å². The smallest absolute Gasteiger partial charge is 0.245 e. The molecular formula is C22H24BrFN2O3S. The van der Waals surface area contributed by atoms with Crippen LogP contribution in [0.2, 0.25) is 0 Å². The van der Waals surface area contributed by atoms with Crippen LogP contribution < -0.4 is 5.32 Å². The lowest BCUT2D eigenvalue weighted by Crippen LogP contribution is -2.53. The zero-order chi connectivity index (χ0) is 21.4. The van der Waals surface area contributed by atoms with Crippen molar-refractivity contribution in [2.45, 2.75) is 42.5 Å². The molecule has 1 aliphatic carbocycles. The molecule has 1 saturated heterocycles. The number of nitrogens with one attached hydrogen (secondary N) is 1. The van der Waals surface area contributed by atoms with Gasteiger partial charge in [-0.1, -0.05) is 40.2 Å². The average molecular weight is 495 g/mol. The van der Waals surface area contributed by atoms with Crippen LogP contribution in [0, 0.1) is 11.7 Å². The van der Waals surface area contributed by atoms with Crippen LogP contribution >= 0.6 is 15.9 Å². The zero-order valence-corrected chi connectivity index (χ0v) is 18.9. The van der Waals surface area contributed by atoms with Crippen molar-refractivity contribution in [1.82, 2.24) is 9.62 Å². The molecule has 1 N–H and O–H groups in total. The second kappa shape index (κ2) is 8.40. The van der Waals surface area contributed by atoms with Crippen LogP contribution in [0.15, 0.2) is 57.9 Å². The van der Waals surface area contributed by atoms with Crippen LogP contribution in [0.25, 0.3) is 0 Å². The number of carbonyl (C=O) groups excluding carboxylic acids is 1. The Hall–Kier alpha value is -1.77. The summed E-state index contributed by atoms with van der Waals surface area (Å²) in [5, 5.41) is 3.25. The van der Waals surface area contributed by atoms with Gasteiger partial charge < -0.3 is 5.32 Å². The summed E-state index contributed by atoms with van der Waals surface area (Å²) >= 11 is 3.50. The van der Waals surface area contributed by atoms with Crippen LogP contribution in [0.1, 0.15) is 37.7 Å².